The predicted molar refractivity (Wildman–Crippen MR) is 115 cm³/mol. The van der Waals surface area contributed by atoms with Gasteiger partial charge >= 0.3 is 0 Å². The van der Waals surface area contributed by atoms with Gasteiger partial charge in [-0.2, -0.15) is 11.8 Å². The lowest BCUT2D eigenvalue weighted by atomic mass is 10.2. The number of thioether (sulfide) groups is 1. The number of aromatic nitrogens is 1. The van der Waals surface area contributed by atoms with Gasteiger partial charge in [0.05, 0.1) is 6.54 Å². The van der Waals surface area contributed by atoms with Crippen LogP contribution in [0, 0.1) is 0 Å². The van der Waals surface area contributed by atoms with Gasteiger partial charge in [0.15, 0.2) is 5.96 Å². The molecule has 1 aromatic heterocycles. The van der Waals surface area contributed by atoms with Crippen molar-refractivity contribution in [1.82, 2.24) is 9.88 Å². The fraction of sp³-hybridized carbons (Fsp3) is 0.647. The highest BCUT2D eigenvalue weighted by Gasteiger charge is 2.13. The van der Waals surface area contributed by atoms with E-state index in [-0.39, 0.29) is 24.0 Å². The summed E-state index contributed by atoms with van der Waals surface area (Å²) in [5.41, 5.74) is 7.33. The van der Waals surface area contributed by atoms with Crippen LogP contribution in [0.15, 0.2) is 23.3 Å². The summed E-state index contributed by atoms with van der Waals surface area (Å²) in [6.07, 6.45) is 7.11. The molecule has 2 aliphatic rings. The summed E-state index contributed by atoms with van der Waals surface area (Å²) in [6.45, 7) is 4.89. The molecule has 0 atom stereocenters. The van der Waals surface area contributed by atoms with E-state index in [1.54, 1.807) is 0 Å². The van der Waals surface area contributed by atoms with E-state index in [2.05, 4.69) is 25.8 Å². The van der Waals surface area contributed by atoms with Crippen molar-refractivity contribution in [2.45, 2.75) is 32.2 Å². The lowest BCUT2D eigenvalue weighted by Gasteiger charge is -2.27. The zero-order valence-corrected chi connectivity index (χ0v) is 17.3. The van der Waals surface area contributed by atoms with Crippen molar-refractivity contribution < 1.29 is 0 Å². The summed E-state index contributed by atoms with van der Waals surface area (Å²) in [5, 5.41) is 0. The van der Waals surface area contributed by atoms with E-state index in [1.807, 2.05) is 24.0 Å². The highest BCUT2D eigenvalue weighted by molar-refractivity contribution is 14.0. The van der Waals surface area contributed by atoms with E-state index in [0.29, 0.717) is 12.5 Å². The van der Waals surface area contributed by atoms with Gasteiger partial charge in [-0.15, -0.1) is 24.0 Å². The fourth-order valence-corrected chi connectivity index (χ4v) is 4.00. The van der Waals surface area contributed by atoms with Gasteiger partial charge in [-0.05, 0) is 30.5 Å². The Bertz CT molecular complexity index is 525. The quantitative estimate of drug-likeness (QED) is 0.426. The van der Waals surface area contributed by atoms with Gasteiger partial charge in [-0.25, -0.2) is 9.98 Å². The van der Waals surface area contributed by atoms with Crippen LogP contribution < -0.4 is 10.6 Å². The molecule has 0 unspecified atom stereocenters. The second kappa shape index (κ2) is 10.3. The molecule has 1 aromatic rings. The molecular weight excluding hydrogens is 433 g/mol. The molecule has 0 radical (unpaired) electrons. The molecule has 24 heavy (non-hydrogen) atoms. The Morgan fingerprint density at radius 3 is 2.54 bits per heavy atom. The first kappa shape index (κ1) is 19.6. The zero-order chi connectivity index (χ0) is 15.9. The minimum atomic E-state index is 0. The van der Waals surface area contributed by atoms with Gasteiger partial charge in [0, 0.05) is 43.9 Å². The third-order valence-corrected chi connectivity index (χ3v) is 5.44. The maximum atomic E-state index is 6.14. The topological polar surface area (TPSA) is 57.8 Å². The number of pyridine rings is 1. The Hall–Kier alpha value is -0.700. The number of anilines is 1. The first-order valence-electron chi connectivity index (χ1n) is 8.65. The van der Waals surface area contributed by atoms with Crippen LogP contribution in [-0.4, -0.2) is 53.5 Å². The number of rotatable bonds is 3. The summed E-state index contributed by atoms with van der Waals surface area (Å²) in [4.78, 5) is 13.7. The smallest absolute Gasteiger partial charge is 0.191 e. The number of hydrogen-bond donors (Lipinski definition) is 1. The molecule has 5 nitrogen and oxygen atoms in total. The van der Waals surface area contributed by atoms with Crippen molar-refractivity contribution in [3.05, 3.63) is 23.9 Å². The molecule has 2 aliphatic heterocycles. The molecule has 0 amide bonds. The molecule has 0 bridgehead atoms. The van der Waals surface area contributed by atoms with Crippen LogP contribution in [0.4, 0.5) is 5.82 Å². The molecule has 0 aliphatic carbocycles. The van der Waals surface area contributed by atoms with Gasteiger partial charge in [-0.1, -0.05) is 12.8 Å². The molecule has 7 heteroatoms. The van der Waals surface area contributed by atoms with Crippen molar-refractivity contribution in [3.8, 4) is 0 Å². The fourth-order valence-electron chi connectivity index (χ4n) is 3.10. The maximum Gasteiger partial charge on any atom is 0.191 e. The molecule has 2 fully saturated rings. The predicted octanol–water partition coefficient (Wildman–Crippen LogP) is 2.94. The Morgan fingerprint density at radius 2 is 1.83 bits per heavy atom. The summed E-state index contributed by atoms with van der Waals surface area (Å²) in [5.74, 6) is 4.06. The lowest BCUT2D eigenvalue weighted by molar-refractivity contribution is 0.455. The normalized spacial score (nSPS) is 19.6. The molecular formula is C17H28IN5S. The van der Waals surface area contributed by atoms with Crippen LogP contribution in [0.2, 0.25) is 0 Å². The molecule has 0 saturated carbocycles. The summed E-state index contributed by atoms with van der Waals surface area (Å²) in [6, 6.07) is 4.22. The van der Waals surface area contributed by atoms with Crippen molar-refractivity contribution >= 4 is 47.5 Å². The second-order valence-corrected chi connectivity index (χ2v) is 7.42. The molecule has 2 saturated heterocycles. The largest absolute Gasteiger partial charge is 0.370 e. The molecule has 3 rings (SSSR count). The SMILES string of the molecule is I.NC(=NCc1ccnc(N2CCCCCC2)c1)N1CCSCC1. The summed E-state index contributed by atoms with van der Waals surface area (Å²) < 4.78 is 0. The Kier molecular flexibility index (Phi) is 8.44. The number of nitrogens with zero attached hydrogens (tertiary/aromatic N) is 4. The number of hydrogen-bond acceptors (Lipinski definition) is 4. The Balaban J connectivity index is 0.00000208. The van der Waals surface area contributed by atoms with Crippen molar-refractivity contribution in [1.29, 1.82) is 0 Å². The number of aliphatic imine (C=N–C) groups is 1. The number of guanidine groups is 1. The third kappa shape index (κ3) is 5.68. The highest BCUT2D eigenvalue weighted by Crippen LogP contribution is 2.18. The van der Waals surface area contributed by atoms with Crippen LogP contribution >= 0.6 is 35.7 Å². The average Bonchev–Trinajstić information content (AvgIpc) is 2.90. The highest BCUT2D eigenvalue weighted by atomic mass is 127. The van der Waals surface area contributed by atoms with Crippen molar-refractivity contribution in [2.75, 3.05) is 42.6 Å². The maximum absolute atomic E-state index is 6.14. The minimum Gasteiger partial charge on any atom is -0.370 e. The van der Waals surface area contributed by atoms with E-state index in [9.17, 15) is 0 Å². The second-order valence-electron chi connectivity index (χ2n) is 6.20. The number of nitrogens with two attached hydrogens (primary N) is 1. The minimum absolute atomic E-state index is 0. The van der Waals surface area contributed by atoms with Crippen LogP contribution in [-0.2, 0) is 6.54 Å². The van der Waals surface area contributed by atoms with E-state index >= 15 is 0 Å². The van der Waals surface area contributed by atoms with Gasteiger partial charge in [0.2, 0.25) is 0 Å². The van der Waals surface area contributed by atoms with Crippen LogP contribution in [0.3, 0.4) is 0 Å². The summed E-state index contributed by atoms with van der Waals surface area (Å²) >= 11 is 1.98. The van der Waals surface area contributed by atoms with Gasteiger partial charge in [-0.3, -0.25) is 0 Å². The van der Waals surface area contributed by atoms with Crippen LogP contribution in [0.5, 0.6) is 0 Å². The molecule has 0 spiro atoms. The zero-order valence-electron chi connectivity index (χ0n) is 14.2. The monoisotopic (exact) mass is 461 g/mol. The Morgan fingerprint density at radius 1 is 1.12 bits per heavy atom. The molecule has 134 valence electrons. The first-order chi connectivity index (χ1) is 11.3. The van der Waals surface area contributed by atoms with Crippen LogP contribution in [0.1, 0.15) is 31.2 Å². The average molecular weight is 461 g/mol. The van der Waals surface area contributed by atoms with E-state index < -0.39 is 0 Å². The van der Waals surface area contributed by atoms with Gasteiger partial charge in [0.25, 0.3) is 0 Å². The van der Waals surface area contributed by atoms with E-state index in [4.69, 9.17) is 5.73 Å². The van der Waals surface area contributed by atoms with E-state index in [1.165, 1.54) is 31.2 Å². The van der Waals surface area contributed by atoms with Gasteiger partial charge in [0.1, 0.15) is 5.82 Å². The molecule has 2 N–H and O–H groups in total. The van der Waals surface area contributed by atoms with Gasteiger partial charge < -0.3 is 15.5 Å². The summed E-state index contributed by atoms with van der Waals surface area (Å²) in [7, 11) is 0. The first-order valence-corrected chi connectivity index (χ1v) is 9.81. The standard InChI is InChI=1S/C17H27N5S.HI/c18-17(22-9-11-23-12-10-22)20-14-15-5-6-19-16(13-15)21-7-3-1-2-4-8-21;/h5-6,13H,1-4,7-12,14H2,(H2,18,20);1H. The van der Waals surface area contributed by atoms with Crippen molar-refractivity contribution in [2.24, 2.45) is 10.7 Å². The molecule has 0 aromatic carbocycles. The van der Waals surface area contributed by atoms with Crippen LogP contribution in [0.25, 0.3) is 0 Å². The Labute approximate surface area is 166 Å². The van der Waals surface area contributed by atoms with Crippen molar-refractivity contribution in [3.63, 3.8) is 0 Å². The number of halogens is 1. The van der Waals surface area contributed by atoms with E-state index in [0.717, 1.165) is 43.5 Å². The third-order valence-electron chi connectivity index (χ3n) is 4.50. The molecule has 3 heterocycles. The lowest BCUT2D eigenvalue weighted by Crippen LogP contribution is -2.42.